The molecule has 0 saturated heterocycles. The zero-order valence-electron chi connectivity index (χ0n) is 14.0. The van der Waals surface area contributed by atoms with Crippen molar-refractivity contribution < 1.29 is 0 Å². The Morgan fingerprint density at radius 3 is 1.63 bits per heavy atom. The van der Waals surface area contributed by atoms with Crippen LogP contribution in [-0.4, -0.2) is 41.4 Å². The summed E-state index contributed by atoms with van der Waals surface area (Å²) in [5, 5.41) is 0. The molecule has 0 amide bonds. The second kappa shape index (κ2) is 12.3. The van der Waals surface area contributed by atoms with Gasteiger partial charge in [0.2, 0.25) is 0 Å². The van der Waals surface area contributed by atoms with Gasteiger partial charge < -0.3 is 0 Å². The van der Waals surface area contributed by atoms with Crippen LogP contribution in [0, 0.1) is 0 Å². The molecule has 0 aromatic carbocycles. The van der Waals surface area contributed by atoms with E-state index in [0.717, 1.165) is 6.54 Å². The van der Waals surface area contributed by atoms with Crippen LogP contribution >= 0.6 is 0 Å². The quantitative estimate of drug-likeness (QED) is 0.304. The molecule has 0 unspecified atom stereocenters. The Morgan fingerprint density at radius 1 is 0.895 bits per heavy atom. The fourth-order valence-electron chi connectivity index (χ4n) is 3.13. The first-order valence-corrected chi connectivity index (χ1v) is 16.5. The summed E-state index contributed by atoms with van der Waals surface area (Å²) in [5.74, 6) is 0. The van der Waals surface area contributed by atoms with Gasteiger partial charge in [-0.3, -0.25) is 0 Å². The Hall–Kier alpha value is 0.499. The van der Waals surface area contributed by atoms with Crippen LogP contribution in [0.5, 0.6) is 0 Å². The van der Waals surface area contributed by atoms with Gasteiger partial charge in [0, 0.05) is 0 Å². The van der Waals surface area contributed by atoms with Crippen molar-refractivity contribution in [1.82, 2.24) is 4.90 Å². The Morgan fingerprint density at radius 2 is 1.32 bits per heavy atom. The van der Waals surface area contributed by atoms with E-state index in [1.54, 1.807) is 13.3 Å². The Labute approximate surface area is 126 Å². The molecule has 0 fully saturated rings. The second-order valence-electron chi connectivity index (χ2n) is 6.30. The molecule has 0 N–H and O–H groups in total. The first kappa shape index (κ1) is 19.5. The molecule has 0 aliphatic carbocycles. The average Bonchev–Trinajstić information content (AvgIpc) is 2.40. The summed E-state index contributed by atoms with van der Waals surface area (Å²) < 4.78 is 6.31. The number of unbranched alkanes of at least 4 members (excludes halogenated alkanes) is 3. The summed E-state index contributed by atoms with van der Waals surface area (Å²) in [5.41, 5.74) is 0. The van der Waals surface area contributed by atoms with Gasteiger partial charge in [-0.05, 0) is 0 Å². The average molecular weight is 374 g/mol. The van der Waals surface area contributed by atoms with Crippen molar-refractivity contribution in [3.8, 4) is 0 Å². The maximum absolute atomic E-state index is 3.90. The zero-order chi connectivity index (χ0) is 14.6. The van der Waals surface area contributed by atoms with Gasteiger partial charge in [-0.25, -0.2) is 0 Å². The SMILES string of the molecule is C=CCN(C)[CH2][Sn]([CH2]CCC)([CH2]CCC)[CH2]CCC. The topological polar surface area (TPSA) is 3.24 Å². The van der Waals surface area contributed by atoms with E-state index in [-0.39, 0.29) is 0 Å². The predicted octanol–water partition coefficient (Wildman–Crippen LogP) is 5.49. The summed E-state index contributed by atoms with van der Waals surface area (Å²) in [6.07, 6.45) is 10.6. The molecule has 0 heterocycles. The summed E-state index contributed by atoms with van der Waals surface area (Å²) in [6, 6.07) is 0. The molecule has 0 spiro atoms. The van der Waals surface area contributed by atoms with E-state index in [1.807, 2.05) is 0 Å². The van der Waals surface area contributed by atoms with Crippen molar-refractivity contribution in [2.45, 2.75) is 72.6 Å². The van der Waals surface area contributed by atoms with Crippen LogP contribution in [0.1, 0.15) is 59.3 Å². The van der Waals surface area contributed by atoms with Crippen molar-refractivity contribution in [3.05, 3.63) is 12.7 Å². The number of hydrogen-bond acceptors (Lipinski definition) is 1. The zero-order valence-corrected chi connectivity index (χ0v) is 16.9. The Balaban J connectivity index is 4.69. The van der Waals surface area contributed by atoms with Gasteiger partial charge in [0.05, 0.1) is 0 Å². The number of rotatable bonds is 13. The van der Waals surface area contributed by atoms with E-state index in [9.17, 15) is 0 Å². The van der Waals surface area contributed by atoms with Gasteiger partial charge in [0.25, 0.3) is 0 Å². The maximum atomic E-state index is 3.90. The van der Waals surface area contributed by atoms with Crippen LogP contribution in [0.4, 0.5) is 0 Å². The van der Waals surface area contributed by atoms with Crippen molar-refractivity contribution in [1.29, 1.82) is 0 Å². The standard InChI is InChI=1S/C5H10N.3C4H9.Sn/c1-4-5-6(2)3;3*1-3-4-2;/h4H,1-2,5H2,3H3;3*1,3-4H2,2H3;. The molecule has 114 valence electrons. The molecule has 0 bridgehead atoms. The van der Waals surface area contributed by atoms with Gasteiger partial charge >= 0.3 is 127 Å². The van der Waals surface area contributed by atoms with Gasteiger partial charge in [-0.15, -0.1) is 0 Å². The number of hydrogen-bond donors (Lipinski definition) is 0. The predicted molar refractivity (Wildman–Crippen MR) is 92.6 cm³/mol. The summed E-state index contributed by atoms with van der Waals surface area (Å²) >= 11 is -1.92. The van der Waals surface area contributed by atoms with Gasteiger partial charge in [0.15, 0.2) is 0 Å². The Bertz CT molecular complexity index is 194. The minimum absolute atomic E-state index is 1.07. The monoisotopic (exact) mass is 375 g/mol. The molecular formula is C17H37NSn. The van der Waals surface area contributed by atoms with Crippen molar-refractivity contribution in [3.63, 3.8) is 0 Å². The molecule has 0 saturated carbocycles. The van der Waals surface area contributed by atoms with Crippen LogP contribution in [0.2, 0.25) is 13.3 Å². The van der Waals surface area contributed by atoms with E-state index in [2.05, 4.69) is 45.4 Å². The van der Waals surface area contributed by atoms with Crippen LogP contribution in [0.25, 0.3) is 0 Å². The molecule has 0 aromatic rings. The van der Waals surface area contributed by atoms with E-state index >= 15 is 0 Å². The van der Waals surface area contributed by atoms with Gasteiger partial charge in [-0.2, -0.15) is 0 Å². The van der Waals surface area contributed by atoms with E-state index in [1.165, 1.54) is 43.1 Å². The number of nitrogens with zero attached hydrogens (tertiary/aromatic N) is 1. The first-order valence-electron chi connectivity index (χ1n) is 8.43. The fraction of sp³-hybridized carbons (Fsp3) is 0.882. The van der Waals surface area contributed by atoms with Crippen molar-refractivity contribution in [2.24, 2.45) is 0 Å². The summed E-state index contributed by atoms with van der Waals surface area (Å²) in [4.78, 5) is 2.56. The molecule has 0 aliphatic rings. The van der Waals surface area contributed by atoms with E-state index in [4.69, 9.17) is 0 Å². The number of likely N-dealkylation sites (N-methyl/N-ethyl adjacent to an activating group) is 1. The molecule has 0 aromatic heterocycles. The molecule has 2 heteroatoms. The normalized spacial score (nSPS) is 12.1. The molecule has 19 heavy (non-hydrogen) atoms. The summed E-state index contributed by atoms with van der Waals surface area (Å²) in [7, 11) is 2.30. The fourth-order valence-corrected chi connectivity index (χ4v) is 19.7. The van der Waals surface area contributed by atoms with E-state index in [0.29, 0.717) is 0 Å². The molecular weight excluding hydrogens is 337 g/mol. The molecule has 0 atom stereocenters. The van der Waals surface area contributed by atoms with Crippen LogP contribution in [0.3, 0.4) is 0 Å². The summed E-state index contributed by atoms with van der Waals surface area (Å²) in [6.45, 7) is 12.0. The minimum atomic E-state index is -1.92. The van der Waals surface area contributed by atoms with Crippen molar-refractivity contribution in [2.75, 3.05) is 18.2 Å². The third-order valence-electron chi connectivity index (χ3n) is 4.23. The van der Waals surface area contributed by atoms with Crippen LogP contribution in [0.15, 0.2) is 12.7 Å². The second-order valence-corrected chi connectivity index (χ2v) is 20.0. The Kier molecular flexibility index (Phi) is 12.6. The van der Waals surface area contributed by atoms with Crippen LogP contribution < -0.4 is 0 Å². The molecule has 0 radical (unpaired) electrons. The molecule has 0 rings (SSSR count). The van der Waals surface area contributed by atoms with Crippen molar-refractivity contribution >= 4 is 18.4 Å². The van der Waals surface area contributed by atoms with Gasteiger partial charge in [-0.1, -0.05) is 0 Å². The van der Waals surface area contributed by atoms with Crippen LogP contribution in [-0.2, 0) is 0 Å². The van der Waals surface area contributed by atoms with Gasteiger partial charge in [0.1, 0.15) is 0 Å². The first-order chi connectivity index (χ1) is 9.14. The third kappa shape index (κ3) is 9.12. The molecule has 0 aliphatic heterocycles. The molecule has 1 nitrogen and oxygen atoms in total. The van der Waals surface area contributed by atoms with E-state index < -0.39 is 18.4 Å². The third-order valence-corrected chi connectivity index (χ3v) is 19.8.